The van der Waals surface area contributed by atoms with Gasteiger partial charge >= 0.3 is 10.3 Å². The van der Waals surface area contributed by atoms with Crippen LogP contribution in [0.2, 0.25) is 0 Å². The highest BCUT2D eigenvalue weighted by Gasteiger charge is 2.45. The van der Waals surface area contributed by atoms with E-state index in [0.717, 1.165) is 32.1 Å². The molecule has 3 rings (SSSR count). The molecule has 2 aromatic heterocycles. The van der Waals surface area contributed by atoms with Crippen LogP contribution in [0, 0.1) is 0 Å². The number of nitrogens with two attached hydrogens (primary N) is 1. The number of nitrogen functional groups attached to an aromatic ring is 1. The molecule has 13 nitrogen and oxygen atoms in total. The predicted octanol–water partition coefficient (Wildman–Crippen LogP) is 0.546. The molecule has 0 saturated carbocycles. The lowest BCUT2D eigenvalue weighted by atomic mass is 10.1. The molecule has 0 unspecified atom stereocenters. The Morgan fingerprint density at radius 1 is 1.15 bits per heavy atom. The van der Waals surface area contributed by atoms with E-state index >= 15 is 0 Å². The Morgan fingerprint density at radius 2 is 1.85 bits per heavy atom. The van der Waals surface area contributed by atoms with Crippen LogP contribution in [-0.2, 0) is 24.0 Å². The standard InChI is InChI=1S/C20H32N6O7S/c1-2-3-4-5-6-7-8-9-14(27)25-34(30,31)32-10-13-16(28)17(29)20(33-13)26-12-24-15-18(21)22-11-23-19(15)26/h11-13,16-17,20,28-29H,2-10H2,1H3,(H,25,27)(H2,21,22,23)/t13-,16-,17-,20-/m1/s1. The summed E-state index contributed by atoms with van der Waals surface area (Å²) in [6.07, 6.45) is 4.47. The normalized spacial score (nSPS) is 22.9. The van der Waals surface area contributed by atoms with Gasteiger partial charge in [-0.3, -0.25) is 13.5 Å². The van der Waals surface area contributed by atoms with Gasteiger partial charge in [-0.25, -0.2) is 19.7 Å². The number of carbonyl (C=O) groups is 1. The Labute approximate surface area is 197 Å². The first-order chi connectivity index (χ1) is 16.2. The molecule has 1 fully saturated rings. The van der Waals surface area contributed by atoms with Gasteiger partial charge in [0.25, 0.3) is 0 Å². The lowest BCUT2D eigenvalue weighted by Crippen LogP contribution is -2.37. The lowest BCUT2D eigenvalue weighted by Gasteiger charge is -2.16. The quantitative estimate of drug-likeness (QED) is 0.281. The third-order valence-electron chi connectivity index (χ3n) is 5.63. The van der Waals surface area contributed by atoms with Crippen LogP contribution in [0.25, 0.3) is 11.2 Å². The molecule has 0 aliphatic carbocycles. The number of aromatic nitrogens is 4. The Morgan fingerprint density at radius 3 is 2.59 bits per heavy atom. The van der Waals surface area contributed by atoms with Gasteiger partial charge in [0.2, 0.25) is 5.91 Å². The van der Waals surface area contributed by atoms with Gasteiger partial charge in [0.05, 0.1) is 12.9 Å². The summed E-state index contributed by atoms with van der Waals surface area (Å²) >= 11 is 0. The SMILES string of the molecule is CCCCCCCCCC(=O)NS(=O)(=O)OC[C@H]1O[C@@H](n2cnc3c(N)ncnc32)[C@H](O)[C@@H]1O. The molecule has 2 aromatic rings. The van der Waals surface area contributed by atoms with Gasteiger partial charge < -0.3 is 20.7 Å². The summed E-state index contributed by atoms with van der Waals surface area (Å²) in [6, 6.07) is 0. The second kappa shape index (κ2) is 11.8. The van der Waals surface area contributed by atoms with E-state index in [1.54, 1.807) is 0 Å². The van der Waals surface area contributed by atoms with Crippen molar-refractivity contribution in [1.29, 1.82) is 0 Å². The molecule has 5 N–H and O–H groups in total. The average Bonchev–Trinajstić information content (AvgIpc) is 3.34. The highest BCUT2D eigenvalue weighted by Crippen LogP contribution is 2.32. The number of rotatable bonds is 13. The number of ether oxygens (including phenoxy) is 1. The molecule has 3 heterocycles. The zero-order valence-corrected chi connectivity index (χ0v) is 19.9. The lowest BCUT2D eigenvalue weighted by molar-refractivity contribution is -0.119. The van der Waals surface area contributed by atoms with Crippen LogP contribution in [0.4, 0.5) is 5.82 Å². The second-order valence-corrected chi connectivity index (χ2v) is 9.61. The number of nitrogens with one attached hydrogen (secondary N) is 1. The minimum absolute atomic E-state index is 0.0679. The molecule has 1 saturated heterocycles. The molecule has 1 aliphatic heterocycles. The number of aliphatic hydroxyl groups is 2. The van der Waals surface area contributed by atoms with E-state index < -0.39 is 47.4 Å². The Balaban J connectivity index is 1.48. The molecule has 190 valence electrons. The third kappa shape index (κ3) is 6.60. The molecule has 14 heteroatoms. The van der Waals surface area contributed by atoms with Crippen LogP contribution in [0.5, 0.6) is 0 Å². The maximum Gasteiger partial charge on any atom is 0.362 e. The highest BCUT2D eigenvalue weighted by molar-refractivity contribution is 7.85. The summed E-state index contributed by atoms with van der Waals surface area (Å²) in [4.78, 5) is 23.9. The van der Waals surface area contributed by atoms with Crippen molar-refractivity contribution in [2.75, 3.05) is 12.3 Å². The van der Waals surface area contributed by atoms with E-state index in [2.05, 4.69) is 21.9 Å². The van der Waals surface area contributed by atoms with E-state index in [-0.39, 0.29) is 17.9 Å². The largest absolute Gasteiger partial charge is 0.387 e. The number of fused-ring (bicyclic) bond motifs is 1. The van der Waals surface area contributed by atoms with Crippen molar-refractivity contribution >= 4 is 33.2 Å². The molecule has 1 amide bonds. The molecule has 34 heavy (non-hydrogen) atoms. The smallest absolute Gasteiger partial charge is 0.362 e. The van der Waals surface area contributed by atoms with Crippen molar-refractivity contribution in [3.63, 3.8) is 0 Å². The molecule has 0 radical (unpaired) electrons. The first-order valence-corrected chi connectivity index (χ1v) is 12.8. The zero-order valence-electron chi connectivity index (χ0n) is 19.0. The van der Waals surface area contributed by atoms with Crippen molar-refractivity contribution < 1.29 is 32.3 Å². The van der Waals surface area contributed by atoms with Crippen molar-refractivity contribution in [2.45, 2.75) is 82.8 Å². The van der Waals surface area contributed by atoms with E-state index in [0.29, 0.717) is 11.9 Å². The minimum atomic E-state index is -4.40. The van der Waals surface area contributed by atoms with Crippen molar-refractivity contribution in [1.82, 2.24) is 24.2 Å². The Bertz CT molecular complexity index is 1060. The molecule has 0 spiro atoms. The van der Waals surface area contributed by atoms with Gasteiger partial charge in [0.15, 0.2) is 17.7 Å². The number of carbonyl (C=O) groups excluding carboxylic acids is 1. The van der Waals surface area contributed by atoms with Crippen LogP contribution >= 0.6 is 0 Å². The molecule has 0 bridgehead atoms. The van der Waals surface area contributed by atoms with Gasteiger partial charge in [0.1, 0.15) is 30.2 Å². The highest BCUT2D eigenvalue weighted by atomic mass is 32.2. The van der Waals surface area contributed by atoms with E-state index in [1.165, 1.54) is 23.6 Å². The van der Waals surface area contributed by atoms with Crippen LogP contribution in [-0.4, -0.2) is 69.0 Å². The fourth-order valence-corrected chi connectivity index (χ4v) is 4.53. The van der Waals surface area contributed by atoms with Crippen molar-refractivity contribution in [3.05, 3.63) is 12.7 Å². The van der Waals surface area contributed by atoms with E-state index in [9.17, 15) is 23.4 Å². The number of anilines is 1. The summed E-state index contributed by atoms with van der Waals surface area (Å²) in [5.74, 6) is -0.531. The van der Waals surface area contributed by atoms with Gasteiger partial charge in [-0.1, -0.05) is 45.4 Å². The summed E-state index contributed by atoms with van der Waals surface area (Å²) in [5, 5.41) is 20.7. The monoisotopic (exact) mass is 500 g/mol. The number of hydrogen-bond donors (Lipinski definition) is 4. The van der Waals surface area contributed by atoms with E-state index in [1.807, 2.05) is 4.72 Å². The number of amides is 1. The topological polar surface area (TPSA) is 192 Å². The van der Waals surface area contributed by atoms with Crippen LogP contribution in [0.3, 0.4) is 0 Å². The average molecular weight is 501 g/mol. The second-order valence-electron chi connectivity index (χ2n) is 8.26. The zero-order chi connectivity index (χ0) is 24.7. The number of hydrogen-bond acceptors (Lipinski definition) is 11. The summed E-state index contributed by atoms with van der Waals surface area (Å²) in [5.41, 5.74) is 6.32. The van der Waals surface area contributed by atoms with Gasteiger partial charge in [-0.05, 0) is 6.42 Å². The van der Waals surface area contributed by atoms with Crippen LogP contribution in [0.15, 0.2) is 12.7 Å². The Hall–Kier alpha value is -2.39. The third-order valence-corrected chi connectivity index (χ3v) is 6.56. The first kappa shape index (κ1) is 26.2. The number of imidazole rings is 1. The molecular weight excluding hydrogens is 468 g/mol. The number of aliphatic hydroxyl groups excluding tert-OH is 2. The summed E-state index contributed by atoms with van der Waals surface area (Å²) < 4.78 is 37.9. The minimum Gasteiger partial charge on any atom is -0.387 e. The van der Waals surface area contributed by atoms with Crippen LogP contribution in [0.1, 0.15) is 64.5 Å². The number of unbranched alkanes of at least 4 members (excludes halogenated alkanes) is 6. The molecule has 1 aliphatic rings. The maximum absolute atomic E-state index is 12.1. The van der Waals surface area contributed by atoms with Crippen LogP contribution < -0.4 is 10.5 Å². The van der Waals surface area contributed by atoms with Gasteiger partial charge in [-0.15, -0.1) is 0 Å². The van der Waals surface area contributed by atoms with Crippen molar-refractivity contribution in [3.8, 4) is 0 Å². The Kier molecular flexibility index (Phi) is 9.13. The molecule has 4 atom stereocenters. The maximum atomic E-state index is 12.1. The predicted molar refractivity (Wildman–Crippen MR) is 121 cm³/mol. The van der Waals surface area contributed by atoms with Gasteiger partial charge in [0, 0.05) is 6.42 Å². The molecule has 0 aromatic carbocycles. The summed E-state index contributed by atoms with van der Waals surface area (Å²) in [6.45, 7) is 1.53. The first-order valence-electron chi connectivity index (χ1n) is 11.4. The molecular formula is C20H32N6O7S. The fourth-order valence-electron chi connectivity index (χ4n) is 3.77. The fraction of sp³-hybridized carbons (Fsp3) is 0.700. The van der Waals surface area contributed by atoms with E-state index in [4.69, 9.17) is 14.7 Å². The number of nitrogens with zero attached hydrogens (tertiary/aromatic N) is 4. The summed E-state index contributed by atoms with van der Waals surface area (Å²) in [7, 11) is -4.40. The van der Waals surface area contributed by atoms with Crippen molar-refractivity contribution in [2.24, 2.45) is 0 Å². The van der Waals surface area contributed by atoms with Gasteiger partial charge in [-0.2, -0.15) is 8.42 Å².